The highest BCUT2D eigenvalue weighted by Gasteiger charge is 2.14. The Balaban J connectivity index is 3.78. The molecule has 0 saturated heterocycles. The van der Waals surface area contributed by atoms with Crippen molar-refractivity contribution in [3.05, 3.63) is 0 Å². The molecule has 0 aliphatic rings. The maximum Gasteiger partial charge on any atom is 0.237 e. The van der Waals surface area contributed by atoms with Crippen molar-refractivity contribution in [3.8, 4) is 0 Å². The van der Waals surface area contributed by atoms with Crippen LogP contribution < -0.4 is 16.0 Å². The Hall–Kier alpha value is -1.10. The van der Waals surface area contributed by atoms with Crippen LogP contribution in [0.4, 0.5) is 0 Å². The summed E-state index contributed by atoms with van der Waals surface area (Å²) < 4.78 is 0. The van der Waals surface area contributed by atoms with Crippen LogP contribution in [0, 0.1) is 0 Å². The number of carbonyl (C=O) groups is 2. The number of nitrogens with one attached hydrogen (secondary N) is 3. The van der Waals surface area contributed by atoms with Gasteiger partial charge in [0.05, 0.1) is 6.04 Å². The quantitative estimate of drug-likeness (QED) is 0.578. The summed E-state index contributed by atoms with van der Waals surface area (Å²) in [6.45, 7) is 6.40. The lowest BCUT2D eigenvalue weighted by Gasteiger charge is -2.17. The molecule has 5 nitrogen and oxygen atoms in total. The van der Waals surface area contributed by atoms with Gasteiger partial charge >= 0.3 is 0 Å². The number of hydrogen-bond donors (Lipinski definition) is 3. The van der Waals surface area contributed by atoms with Crippen LogP contribution in [0.3, 0.4) is 0 Å². The second kappa shape index (κ2) is 8.98. The molecule has 2 atom stereocenters. The molecule has 2 amide bonds. The van der Waals surface area contributed by atoms with E-state index in [1.807, 2.05) is 6.92 Å². The zero-order valence-electron chi connectivity index (χ0n) is 11.3. The van der Waals surface area contributed by atoms with Crippen LogP contribution in [-0.2, 0) is 9.59 Å². The smallest absolute Gasteiger partial charge is 0.237 e. The molecule has 3 N–H and O–H groups in total. The average Bonchev–Trinajstić information content (AvgIpc) is 2.28. The van der Waals surface area contributed by atoms with Crippen molar-refractivity contribution in [1.82, 2.24) is 16.0 Å². The molecular weight excluding hydrogens is 218 g/mol. The third-order valence-electron chi connectivity index (χ3n) is 2.59. The van der Waals surface area contributed by atoms with Crippen LogP contribution in [0.25, 0.3) is 0 Å². The van der Waals surface area contributed by atoms with Crippen molar-refractivity contribution < 1.29 is 9.59 Å². The first-order valence-corrected chi connectivity index (χ1v) is 6.25. The van der Waals surface area contributed by atoms with Crippen LogP contribution >= 0.6 is 0 Å². The second-order valence-corrected chi connectivity index (χ2v) is 4.30. The zero-order valence-corrected chi connectivity index (χ0v) is 11.3. The van der Waals surface area contributed by atoms with E-state index in [9.17, 15) is 9.59 Å². The molecule has 0 bridgehead atoms. The molecule has 0 aromatic carbocycles. The van der Waals surface area contributed by atoms with Crippen LogP contribution in [-0.4, -0.2) is 37.5 Å². The fourth-order valence-corrected chi connectivity index (χ4v) is 1.49. The van der Waals surface area contributed by atoms with E-state index in [1.165, 1.54) is 0 Å². The summed E-state index contributed by atoms with van der Waals surface area (Å²) in [6, 6.07) is -0.0605. The highest BCUT2D eigenvalue weighted by Crippen LogP contribution is 1.95. The molecule has 2 unspecified atom stereocenters. The summed E-state index contributed by atoms with van der Waals surface area (Å²) in [5, 5.41) is 8.49. The first-order chi connectivity index (χ1) is 8.01. The van der Waals surface area contributed by atoms with E-state index in [-0.39, 0.29) is 23.9 Å². The van der Waals surface area contributed by atoms with Crippen LogP contribution in [0.5, 0.6) is 0 Å². The normalized spacial score (nSPS) is 13.9. The largest absolute Gasteiger partial charge is 0.359 e. The first-order valence-electron chi connectivity index (χ1n) is 6.25. The molecule has 17 heavy (non-hydrogen) atoms. The minimum Gasteiger partial charge on any atom is -0.359 e. The molecule has 0 aromatic rings. The van der Waals surface area contributed by atoms with Crippen molar-refractivity contribution in [3.63, 3.8) is 0 Å². The molecule has 0 aliphatic carbocycles. The molecule has 100 valence electrons. The van der Waals surface area contributed by atoms with Gasteiger partial charge in [-0.15, -0.1) is 0 Å². The highest BCUT2D eigenvalue weighted by molar-refractivity contribution is 5.81. The standard InChI is InChI=1S/C12H25N3O2/c1-5-6-9(2)15-12(17)10(3)14-8-7-11(16)13-4/h9-10,14H,5-8H2,1-4H3,(H,13,16)(H,15,17). The van der Waals surface area contributed by atoms with E-state index >= 15 is 0 Å². The second-order valence-electron chi connectivity index (χ2n) is 4.30. The van der Waals surface area contributed by atoms with Gasteiger partial charge in [0, 0.05) is 26.1 Å². The van der Waals surface area contributed by atoms with E-state index in [1.54, 1.807) is 14.0 Å². The number of rotatable bonds is 8. The average molecular weight is 243 g/mol. The van der Waals surface area contributed by atoms with E-state index in [0.29, 0.717) is 13.0 Å². The van der Waals surface area contributed by atoms with Gasteiger partial charge in [-0.05, 0) is 20.3 Å². The van der Waals surface area contributed by atoms with E-state index in [4.69, 9.17) is 0 Å². The summed E-state index contributed by atoms with van der Waals surface area (Å²) in [5.41, 5.74) is 0. The van der Waals surface area contributed by atoms with E-state index in [0.717, 1.165) is 12.8 Å². The summed E-state index contributed by atoms with van der Waals surface area (Å²) in [4.78, 5) is 22.7. The molecular formula is C12H25N3O2. The molecule has 0 saturated carbocycles. The van der Waals surface area contributed by atoms with Gasteiger partial charge in [0.2, 0.25) is 11.8 Å². The van der Waals surface area contributed by atoms with E-state index in [2.05, 4.69) is 22.9 Å². The van der Waals surface area contributed by atoms with Gasteiger partial charge in [-0.2, -0.15) is 0 Å². The molecule has 0 rings (SSSR count). The Morgan fingerprint density at radius 3 is 2.41 bits per heavy atom. The van der Waals surface area contributed by atoms with Crippen LogP contribution in [0.2, 0.25) is 0 Å². The minimum absolute atomic E-state index is 0.0112. The SMILES string of the molecule is CCCC(C)NC(=O)C(C)NCCC(=O)NC. The molecule has 0 aromatic heterocycles. The maximum absolute atomic E-state index is 11.7. The van der Waals surface area contributed by atoms with Gasteiger partial charge in [0.25, 0.3) is 0 Å². The first kappa shape index (κ1) is 15.9. The van der Waals surface area contributed by atoms with Gasteiger partial charge in [-0.3, -0.25) is 9.59 Å². The maximum atomic E-state index is 11.7. The Kier molecular flexibility index (Phi) is 8.40. The van der Waals surface area contributed by atoms with Gasteiger partial charge in [-0.1, -0.05) is 13.3 Å². The molecule has 0 heterocycles. The molecule has 0 aliphatic heterocycles. The zero-order chi connectivity index (χ0) is 13.3. The number of amides is 2. The van der Waals surface area contributed by atoms with Gasteiger partial charge in [0.1, 0.15) is 0 Å². The Labute approximate surface area is 104 Å². The topological polar surface area (TPSA) is 70.2 Å². The Morgan fingerprint density at radius 1 is 1.24 bits per heavy atom. The lowest BCUT2D eigenvalue weighted by atomic mass is 10.2. The number of hydrogen-bond acceptors (Lipinski definition) is 3. The fourth-order valence-electron chi connectivity index (χ4n) is 1.49. The van der Waals surface area contributed by atoms with Crippen LogP contribution in [0.1, 0.15) is 40.0 Å². The monoisotopic (exact) mass is 243 g/mol. The van der Waals surface area contributed by atoms with Crippen molar-refractivity contribution in [2.75, 3.05) is 13.6 Å². The van der Waals surface area contributed by atoms with E-state index < -0.39 is 0 Å². The molecule has 0 radical (unpaired) electrons. The Morgan fingerprint density at radius 2 is 1.88 bits per heavy atom. The summed E-state index contributed by atoms with van der Waals surface area (Å²) in [5.74, 6) is -0.0349. The Bertz CT molecular complexity index is 244. The summed E-state index contributed by atoms with van der Waals surface area (Å²) in [7, 11) is 1.60. The summed E-state index contributed by atoms with van der Waals surface area (Å²) in [6.07, 6.45) is 2.43. The lowest BCUT2D eigenvalue weighted by molar-refractivity contribution is -0.124. The molecule has 0 fully saturated rings. The highest BCUT2D eigenvalue weighted by atomic mass is 16.2. The van der Waals surface area contributed by atoms with Crippen molar-refractivity contribution >= 4 is 11.8 Å². The van der Waals surface area contributed by atoms with Crippen molar-refractivity contribution in [2.24, 2.45) is 0 Å². The van der Waals surface area contributed by atoms with Gasteiger partial charge < -0.3 is 16.0 Å². The predicted molar refractivity (Wildman–Crippen MR) is 68.7 cm³/mol. The minimum atomic E-state index is -0.265. The lowest BCUT2D eigenvalue weighted by Crippen LogP contribution is -2.46. The third kappa shape index (κ3) is 7.74. The molecule has 5 heteroatoms. The van der Waals surface area contributed by atoms with Gasteiger partial charge in [-0.25, -0.2) is 0 Å². The van der Waals surface area contributed by atoms with Crippen LogP contribution in [0.15, 0.2) is 0 Å². The summed E-state index contributed by atoms with van der Waals surface area (Å²) >= 11 is 0. The van der Waals surface area contributed by atoms with Crippen molar-refractivity contribution in [1.29, 1.82) is 0 Å². The van der Waals surface area contributed by atoms with Crippen molar-refractivity contribution in [2.45, 2.75) is 52.1 Å². The van der Waals surface area contributed by atoms with Gasteiger partial charge in [0.15, 0.2) is 0 Å². The predicted octanol–water partition coefficient (Wildman–Crippen LogP) is 0.405. The molecule has 0 spiro atoms. The fraction of sp³-hybridized carbons (Fsp3) is 0.833. The number of carbonyl (C=O) groups excluding carboxylic acids is 2. The third-order valence-corrected chi connectivity index (χ3v) is 2.59.